The summed E-state index contributed by atoms with van der Waals surface area (Å²) >= 11 is 0. The molecule has 0 spiro atoms. The number of aromatic nitrogens is 2. The lowest BCUT2D eigenvalue weighted by Gasteiger charge is -2.35. The van der Waals surface area contributed by atoms with E-state index in [-0.39, 0.29) is 30.5 Å². The summed E-state index contributed by atoms with van der Waals surface area (Å²) in [5.41, 5.74) is 3.42. The molecule has 1 aromatic heterocycles. The van der Waals surface area contributed by atoms with Crippen LogP contribution in [0.5, 0.6) is 0 Å². The Morgan fingerprint density at radius 3 is 2.39 bits per heavy atom. The van der Waals surface area contributed by atoms with E-state index in [1.807, 2.05) is 13.8 Å². The van der Waals surface area contributed by atoms with Crippen LogP contribution in [0.4, 0.5) is 11.5 Å². The maximum Gasteiger partial charge on any atom is 0.332 e. The van der Waals surface area contributed by atoms with E-state index in [2.05, 4.69) is 10.3 Å². The zero-order valence-electron chi connectivity index (χ0n) is 19.7. The molecule has 0 aromatic carbocycles. The second kappa shape index (κ2) is 11.7. The molecule has 0 bridgehead atoms. The number of unbranched alkanes of at least 4 members (excludes halogenated alkanes) is 1. The molecule has 2 amide bonds. The van der Waals surface area contributed by atoms with Gasteiger partial charge in [0.15, 0.2) is 12.3 Å². The number of H-pyrrole nitrogens is 1. The van der Waals surface area contributed by atoms with Crippen LogP contribution in [0.3, 0.4) is 0 Å². The number of nitrogens with zero attached hydrogens (tertiary/aromatic N) is 2. The van der Waals surface area contributed by atoms with E-state index < -0.39 is 35.3 Å². The number of hydrogen-bond donors (Lipinski definition) is 3. The van der Waals surface area contributed by atoms with Gasteiger partial charge < -0.3 is 20.7 Å². The molecule has 0 atom stereocenters. The summed E-state index contributed by atoms with van der Waals surface area (Å²) in [6.07, 6.45) is 5.26. The van der Waals surface area contributed by atoms with Crippen molar-refractivity contribution in [2.24, 2.45) is 0 Å². The maximum absolute atomic E-state index is 13.1. The van der Waals surface area contributed by atoms with E-state index in [1.165, 1.54) is 16.4 Å². The number of nitrogens with two attached hydrogens (primary N) is 1. The van der Waals surface area contributed by atoms with Crippen LogP contribution in [0, 0.1) is 0 Å². The van der Waals surface area contributed by atoms with Crippen molar-refractivity contribution in [3.05, 3.63) is 20.8 Å². The molecule has 1 fully saturated rings. The maximum atomic E-state index is 13.1. The summed E-state index contributed by atoms with van der Waals surface area (Å²) in [5, 5.41) is 2.71. The first kappa shape index (κ1) is 26.1. The molecule has 0 aliphatic heterocycles. The predicted octanol–water partition coefficient (Wildman–Crippen LogP) is 1.04. The largest absolute Gasteiger partial charge is 0.454 e. The zero-order chi connectivity index (χ0) is 24.6. The lowest BCUT2D eigenvalue weighted by atomic mass is 9.81. The van der Waals surface area contributed by atoms with Crippen LogP contribution in [-0.4, -0.2) is 46.0 Å². The van der Waals surface area contributed by atoms with Crippen LogP contribution in [0.15, 0.2) is 9.59 Å². The van der Waals surface area contributed by atoms with Crippen molar-refractivity contribution in [3.8, 4) is 0 Å². The third-order valence-electron chi connectivity index (χ3n) is 5.81. The van der Waals surface area contributed by atoms with E-state index in [4.69, 9.17) is 10.5 Å². The highest BCUT2D eigenvalue weighted by molar-refractivity contribution is 5.98. The number of rotatable bonds is 10. The van der Waals surface area contributed by atoms with Crippen LogP contribution < -0.4 is 27.2 Å². The number of anilines is 2. The molecule has 1 aromatic rings. The van der Waals surface area contributed by atoms with Gasteiger partial charge in [0.25, 0.3) is 11.5 Å². The highest BCUT2D eigenvalue weighted by Gasteiger charge is 2.42. The number of nitrogen functional groups attached to an aromatic ring is 1. The average Bonchev–Trinajstić information content (AvgIpc) is 2.76. The Bertz CT molecular complexity index is 976. The normalized spacial score (nSPS) is 15.0. The second-order valence-corrected chi connectivity index (χ2v) is 8.44. The van der Waals surface area contributed by atoms with Gasteiger partial charge in [0.2, 0.25) is 5.91 Å². The fourth-order valence-electron chi connectivity index (χ4n) is 4.18. The van der Waals surface area contributed by atoms with Gasteiger partial charge in [-0.2, -0.15) is 0 Å². The Balaban J connectivity index is 2.29. The first-order valence-corrected chi connectivity index (χ1v) is 11.6. The number of amides is 2. The minimum absolute atomic E-state index is 0.108. The van der Waals surface area contributed by atoms with Gasteiger partial charge in [0.05, 0.1) is 0 Å². The molecule has 33 heavy (non-hydrogen) atoms. The molecule has 1 heterocycles. The Kier molecular flexibility index (Phi) is 9.24. The summed E-state index contributed by atoms with van der Waals surface area (Å²) in [6, 6.07) is 0. The van der Waals surface area contributed by atoms with Gasteiger partial charge in [-0.1, -0.05) is 39.5 Å². The van der Waals surface area contributed by atoms with Crippen molar-refractivity contribution >= 4 is 29.3 Å². The quantitative estimate of drug-likeness (QED) is 0.436. The van der Waals surface area contributed by atoms with E-state index >= 15 is 0 Å². The summed E-state index contributed by atoms with van der Waals surface area (Å²) < 4.78 is 6.56. The highest BCUT2D eigenvalue weighted by atomic mass is 16.5. The van der Waals surface area contributed by atoms with Crippen LogP contribution >= 0.6 is 0 Å². The number of carbonyl (C=O) groups excluding carboxylic acids is 3. The molecule has 11 heteroatoms. The van der Waals surface area contributed by atoms with Crippen molar-refractivity contribution in [1.29, 1.82) is 0 Å². The van der Waals surface area contributed by atoms with E-state index in [1.54, 1.807) is 0 Å². The number of ether oxygens (including phenoxy) is 1. The lowest BCUT2D eigenvalue weighted by molar-refractivity contribution is -0.157. The third kappa shape index (κ3) is 6.23. The van der Waals surface area contributed by atoms with Crippen LogP contribution in [0.1, 0.15) is 72.1 Å². The van der Waals surface area contributed by atoms with Crippen LogP contribution in [-0.2, 0) is 25.7 Å². The fourth-order valence-corrected chi connectivity index (χ4v) is 4.18. The standard InChI is InChI=1S/C22H35N5O6/c1-4-6-13-26(17-18(23)27(12-5-2)21(32)24-19(17)30)16(29)14-33-20(31)22(25-15(3)28)10-8-7-9-11-22/h4-14,23H2,1-3H3,(H,25,28)(H,24,30,32). The summed E-state index contributed by atoms with van der Waals surface area (Å²) in [6.45, 7) is 4.94. The lowest BCUT2D eigenvalue weighted by Crippen LogP contribution is -2.56. The Morgan fingerprint density at radius 1 is 1.15 bits per heavy atom. The van der Waals surface area contributed by atoms with Crippen molar-refractivity contribution in [2.75, 3.05) is 23.8 Å². The fraction of sp³-hybridized carbons (Fsp3) is 0.682. The van der Waals surface area contributed by atoms with Crippen molar-refractivity contribution in [3.63, 3.8) is 0 Å². The molecular formula is C22H35N5O6. The van der Waals surface area contributed by atoms with E-state index in [9.17, 15) is 24.0 Å². The first-order chi connectivity index (χ1) is 15.7. The molecule has 11 nitrogen and oxygen atoms in total. The summed E-state index contributed by atoms with van der Waals surface area (Å²) in [4.78, 5) is 65.8. The summed E-state index contributed by atoms with van der Waals surface area (Å²) in [7, 11) is 0. The number of nitrogens with one attached hydrogen (secondary N) is 2. The van der Waals surface area contributed by atoms with Gasteiger partial charge in [-0.3, -0.25) is 23.9 Å². The topological polar surface area (TPSA) is 157 Å². The van der Waals surface area contributed by atoms with Gasteiger partial charge in [0, 0.05) is 20.0 Å². The van der Waals surface area contributed by atoms with Crippen LogP contribution in [0.2, 0.25) is 0 Å². The van der Waals surface area contributed by atoms with Gasteiger partial charge in [0.1, 0.15) is 11.4 Å². The van der Waals surface area contributed by atoms with Gasteiger partial charge in [-0.05, 0) is 25.7 Å². The molecule has 1 aliphatic rings. The van der Waals surface area contributed by atoms with E-state index in [0.29, 0.717) is 25.7 Å². The Hall–Kier alpha value is -3.11. The minimum Gasteiger partial charge on any atom is -0.454 e. The second-order valence-electron chi connectivity index (χ2n) is 8.44. The van der Waals surface area contributed by atoms with Gasteiger partial charge in [-0.25, -0.2) is 9.59 Å². The smallest absolute Gasteiger partial charge is 0.332 e. The monoisotopic (exact) mass is 465 g/mol. The Labute approximate surface area is 192 Å². The number of carbonyl (C=O) groups is 3. The summed E-state index contributed by atoms with van der Waals surface area (Å²) in [5.74, 6) is -1.76. The number of aromatic amines is 1. The predicted molar refractivity (Wildman–Crippen MR) is 124 cm³/mol. The molecule has 2 rings (SSSR count). The molecule has 1 saturated carbocycles. The zero-order valence-corrected chi connectivity index (χ0v) is 19.7. The molecule has 0 radical (unpaired) electrons. The Morgan fingerprint density at radius 2 is 1.82 bits per heavy atom. The molecule has 0 unspecified atom stereocenters. The molecule has 1 aliphatic carbocycles. The number of esters is 1. The average molecular weight is 466 g/mol. The molecule has 4 N–H and O–H groups in total. The highest BCUT2D eigenvalue weighted by Crippen LogP contribution is 2.29. The molecule has 0 saturated heterocycles. The number of hydrogen-bond acceptors (Lipinski definition) is 7. The third-order valence-corrected chi connectivity index (χ3v) is 5.81. The van der Waals surface area contributed by atoms with Crippen molar-refractivity contribution in [1.82, 2.24) is 14.9 Å². The molecule has 184 valence electrons. The van der Waals surface area contributed by atoms with Crippen molar-refractivity contribution in [2.45, 2.75) is 84.2 Å². The van der Waals surface area contributed by atoms with E-state index in [0.717, 1.165) is 25.7 Å². The minimum atomic E-state index is -1.15. The van der Waals surface area contributed by atoms with Gasteiger partial charge in [-0.15, -0.1) is 0 Å². The van der Waals surface area contributed by atoms with Crippen LogP contribution in [0.25, 0.3) is 0 Å². The van der Waals surface area contributed by atoms with Gasteiger partial charge >= 0.3 is 11.7 Å². The molecular weight excluding hydrogens is 430 g/mol. The first-order valence-electron chi connectivity index (χ1n) is 11.6. The SMILES string of the molecule is CCCCN(C(=O)COC(=O)C1(NC(C)=O)CCCCC1)c1c(N)n(CCC)c(=O)[nH]c1=O. The van der Waals surface area contributed by atoms with Crippen molar-refractivity contribution < 1.29 is 19.1 Å².